The van der Waals surface area contributed by atoms with E-state index in [1.165, 1.54) is 4.90 Å². The second kappa shape index (κ2) is 6.79. The number of thioether (sulfide) groups is 1. The number of carbonyl (C=O) groups excluding carboxylic acids is 1. The molecule has 1 fully saturated rings. The normalized spacial score (nSPS) is 15.0. The molecular formula is C18H23N3OS. The zero-order chi connectivity index (χ0) is 16.4. The van der Waals surface area contributed by atoms with E-state index < -0.39 is 0 Å². The lowest BCUT2D eigenvalue weighted by atomic mass is 9.98. The zero-order valence-electron chi connectivity index (χ0n) is 13.9. The molecule has 0 N–H and O–H groups in total. The Hall–Kier alpha value is -1.75. The van der Waals surface area contributed by atoms with Gasteiger partial charge in [-0.2, -0.15) is 0 Å². The van der Waals surface area contributed by atoms with Crippen LogP contribution in [0.3, 0.4) is 0 Å². The summed E-state index contributed by atoms with van der Waals surface area (Å²) in [7, 11) is 0. The minimum Gasteiger partial charge on any atom is -0.338 e. The number of carbonyl (C=O) groups is 1. The number of hydrogen-bond donors (Lipinski definition) is 0. The molecule has 0 atom stereocenters. The van der Waals surface area contributed by atoms with E-state index >= 15 is 0 Å². The van der Waals surface area contributed by atoms with E-state index in [2.05, 4.69) is 23.4 Å². The average Bonchev–Trinajstić information content (AvgIpc) is 2.98. The van der Waals surface area contributed by atoms with Gasteiger partial charge >= 0.3 is 0 Å². The van der Waals surface area contributed by atoms with Gasteiger partial charge in [-0.15, -0.1) is 11.8 Å². The van der Waals surface area contributed by atoms with Gasteiger partial charge in [0.05, 0.1) is 0 Å². The second-order valence-electron chi connectivity index (χ2n) is 6.40. The van der Waals surface area contributed by atoms with Crippen LogP contribution in [-0.4, -0.2) is 39.7 Å². The highest BCUT2D eigenvalue weighted by Gasteiger charge is 2.31. The number of aromatic nitrogens is 2. The van der Waals surface area contributed by atoms with Gasteiger partial charge in [0.2, 0.25) is 0 Å². The summed E-state index contributed by atoms with van der Waals surface area (Å²) in [5.41, 5.74) is 0.784. The van der Waals surface area contributed by atoms with E-state index in [9.17, 15) is 4.79 Å². The van der Waals surface area contributed by atoms with Crippen molar-refractivity contribution in [1.82, 2.24) is 14.5 Å². The molecule has 2 aromatic rings. The molecule has 1 aromatic heterocycles. The van der Waals surface area contributed by atoms with Gasteiger partial charge in [0.15, 0.2) is 0 Å². The van der Waals surface area contributed by atoms with E-state index in [-0.39, 0.29) is 5.91 Å². The number of amides is 1. The Kier molecular flexibility index (Phi) is 4.76. The van der Waals surface area contributed by atoms with Crippen molar-refractivity contribution in [2.24, 2.45) is 5.92 Å². The number of nitrogens with zero attached hydrogens (tertiary/aromatic N) is 3. The van der Waals surface area contributed by atoms with Crippen LogP contribution in [0.25, 0.3) is 0 Å². The van der Waals surface area contributed by atoms with Crippen molar-refractivity contribution in [3.8, 4) is 0 Å². The number of likely N-dealkylation sites (tertiary alicyclic amines) is 1. The molecule has 1 saturated heterocycles. The lowest BCUT2D eigenvalue weighted by molar-refractivity contribution is 0.0466. The van der Waals surface area contributed by atoms with Crippen molar-refractivity contribution >= 4 is 17.7 Å². The highest BCUT2D eigenvalue weighted by molar-refractivity contribution is 7.98. The summed E-state index contributed by atoms with van der Waals surface area (Å²) < 4.78 is 2.23. The molecule has 0 bridgehead atoms. The number of imidazole rings is 1. The van der Waals surface area contributed by atoms with Crippen LogP contribution in [0.1, 0.15) is 35.9 Å². The zero-order valence-corrected chi connectivity index (χ0v) is 14.7. The highest BCUT2D eigenvalue weighted by atomic mass is 32.2. The Morgan fingerprint density at radius 1 is 1.30 bits per heavy atom. The largest absolute Gasteiger partial charge is 0.338 e. The Bertz CT molecular complexity index is 672. The number of benzene rings is 1. The maximum Gasteiger partial charge on any atom is 0.253 e. The number of rotatable bonds is 5. The molecule has 4 nitrogen and oxygen atoms in total. The van der Waals surface area contributed by atoms with Crippen LogP contribution in [-0.2, 0) is 6.54 Å². The minimum absolute atomic E-state index is 0.142. The van der Waals surface area contributed by atoms with E-state index in [4.69, 9.17) is 0 Å². The predicted octanol–water partition coefficient (Wildman–Crippen LogP) is 3.50. The topological polar surface area (TPSA) is 38.1 Å². The standard InChI is InChI=1S/C18H23N3OS/c1-13(2)17-19-8-9-20(17)10-14-11-21(12-14)18(22)15-4-6-16(23-3)7-5-15/h4-9,13-14H,10-12H2,1-3H3. The Labute approximate surface area is 141 Å². The molecule has 1 aliphatic heterocycles. The molecule has 0 unspecified atom stereocenters. The van der Waals surface area contributed by atoms with E-state index in [1.54, 1.807) is 11.8 Å². The summed E-state index contributed by atoms with van der Waals surface area (Å²) in [4.78, 5) is 20.0. The molecule has 0 aliphatic carbocycles. The third kappa shape index (κ3) is 3.44. The van der Waals surface area contributed by atoms with Crippen molar-refractivity contribution in [2.45, 2.75) is 31.2 Å². The third-order valence-corrected chi connectivity index (χ3v) is 5.04. The first-order valence-electron chi connectivity index (χ1n) is 8.03. The van der Waals surface area contributed by atoms with Gasteiger partial charge in [0.25, 0.3) is 5.91 Å². The van der Waals surface area contributed by atoms with Crippen LogP contribution in [0.4, 0.5) is 0 Å². The summed E-state index contributed by atoms with van der Waals surface area (Å²) in [6.07, 6.45) is 5.95. The van der Waals surface area contributed by atoms with E-state index in [1.807, 2.05) is 47.8 Å². The van der Waals surface area contributed by atoms with Crippen molar-refractivity contribution in [3.63, 3.8) is 0 Å². The molecule has 1 amide bonds. The van der Waals surface area contributed by atoms with Gasteiger partial charge in [-0.25, -0.2) is 4.98 Å². The molecule has 5 heteroatoms. The summed E-state index contributed by atoms with van der Waals surface area (Å²) >= 11 is 1.69. The molecular weight excluding hydrogens is 306 g/mol. The predicted molar refractivity (Wildman–Crippen MR) is 93.9 cm³/mol. The van der Waals surface area contributed by atoms with Crippen molar-refractivity contribution in [1.29, 1.82) is 0 Å². The van der Waals surface area contributed by atoms with Gasteiger partial charge in [0, 0.05) is 54.3 Å². The first-order chi connectivity index (χ1) is 11.1. The molecule has 1 aromatic carbocycles. The van der Waals surface area contributed by atoms with E-state index in [0.717, 1.165) is 31.0 Å². The quantitative estimate of drug-likeness (QED) is 0.788. The molecule has 1 aliphatic rings. The molecule has 23 heavy (non-hydrogen) atoms. The summed E-state index contributed by atoms with van der Waals surface area (Å²) in [5, 5.41) is 0. The van der Waals surface area contributed by atoms with Crippen LogP contribution in [0, 0.1) is 5.92 Å². The van der Waals surface area contributed by atoms with Gasteiger partial charge in [0.1, 0.15) is 5.82 Å². The molecule has 3 rings (SSSR count). The van der Waals surface area contributed by atoms with Crippen molar-refractivity contribution in [3.05, 3.63) is 48.0 Å². The first kappa shape index (κ1) is 16.1. The van der Waals surface area contributed by atoms with Crippen LogP contribution in [0.5, 0.6) is 0 Å². The molecule has 0 spiro atoms. The summed E-state index contributed by atoms with van der Waals surface area (Å²) in [5.74, 6) is 2.22. The molecule has 0 saturated carbocycles. The SMILES string of the molecule is CSc1ccc(C(=O)N2CC(Cn3ccnc3C(C)C)C2)cc1. The lowest BCUT2D eigenvalue weighted by Gasteiger charge is -2.39. The fraction of sp³-hybridized carbons (Fsp3) is 0.444. The van der Waals surface area contributed by atoms with Crippen LogP contribution in [0.15, 0.2) is 41.6 Å². The van der Waals surface area contributed by atoms with Crippen LogP contribution in [0.2, 0.25) is 0 Å². The maximum absolute atomic E-state index is 12.4. The molecule has 0 radical (unpaired) electrons. The first-order valence-corrected chi connectivity index (χ1v) is 9.25. The monoisotopic (exact) mass is 329 g/mol. The Balaban J connectivity index is 1.56. The smallest absolute Gasteiger partial charge is 0.253 e. The van der Waals surface area contributed by atoms with Crippen LogP contribution < -0.4 is 0 Å². The van der Waals surface area contributed by atoms with Gasteiger partial charge in [-0.1, -0.05) is 13.8 Å². The van der Waals surface area contributed by atoms with E-state index in [0.29, 0.717) is 11.8 Å². The fourth-order valence-electron chi connectivity index (χ4n) is 3.02. The lowest BCUT2D eigenvalue weighted by Crippen LogP contribution is -2.51. The fourth-order valence-corrected chi connectivity index (χ4v) is 3.43. The van der Waals surface area contributed by atoms with Gasteiger partial charge < -0.3 is 9.47 Å². The average molecular weight is 329 g/mol. The number of hydrogen-bond acceptors (Lipinski definition) is 3. The van der Waals surface area contributed by atoms with Gasteiger partial charge in [-0.05, 0) is 30.5 Å². The van der Waals surface area contributed by atoms with Gasteiger partial charge in [-0.3, -0.25) is 4.79 Å². The van der Waals surface area contributed by atoms with Crippen LogP contribution >= 0.6 is 11.8 Å². The van der Waals surface area contributed by atoms with Crippen molar-refractivity contribution < 1.29 is 4.79 Å². The molecule has 122 valence electrons. The Morgan fingerprint density at radius 2 is 2.00 bits per heavy atom. The Morgan fingerprint density at radius 3 is 2.61 bits per heavy atom. The highest BCUT2D eigenvalue weighted by Crippen LogP contribution is 2.23. The maximum atomic E-state index is 12.4. The second-order valence-corrected chi connectivity index (χ2v) is 7.28. The van der Waals surface area contributed by atoms with Crippen molar-refractivity contribution in [2.75, 3.05) is 19.3 Å². The summed E-state index contributed by atoms with van der Waals surface area (Å²) in [6.45, 7) is 6.93. The minimum atomic E-state index is 0.142. The summed E-state index contributed by atoms with van der Waals surface area (Å²) in [6, 6.07) is 7.87. The third-order valence-electron chi connectivity index (χ3n) is 4.30. The molecule has 2 heterocycles.